The summed E-state index contributed by atoms with van der Waals surface area (Å²) >= 11 is 12.2. The molecule has 0 aromatic heterocycles. The highest BCUT2D eigenvalue weighted by atomic mass is 35.5. The van der Waals surface area contributed by atoms with Gasteiger partial charge in [0.15, 0.2) is 11.5 Å². The van der Waals surface area contributed by atoms with Gasteiger partial charge in [0, 0.05) is 21.8 Å². The summed E-state index contributed by atoms with van der Waals surface area (Å²) in [5, 5.41) is 3.78. The standard InChI is InChI=1S/C17H13Cl2NO3/c1-22-15-7-9(6-13(19)16(15)23-2)5-12-11-8-10(18)3-4-14(11)20-17(12)21/h3-8H,1-2H3,(H,20,21). The van der Waals surface area contributed by atoms with Crippen molar-refractivity contribution in [2.75, 3.05) is 19.5 Å². The van der Waals surface area contributed by atoms with E-state index in [1.807, 2.05) is 0 Å². The van der Waals surface area contributed by atoms with E-state index in [9.17, 15) is 4.79 Å². The predicted octanol–water partition coefficient (Wildman–Crippen LogP) is 4.50. The van der Waals surface area contributed by atoms with E-state index in [0.29, 0.717) is 27.1 Å². The van der Waals surface area contributed by atoms with Gasteiger partial charge in [-0.1, -0.05) is 23.2 Å². The van der Waals surface area contributed by atoms with Gasteiger partial charge in [-0.15, -0.1) is 0 Å². The number of amides is 1. The molecule has 2 aromatic rings. The minimum absolute atomic E-state index is 0.187. The van der Waals surface area contributed by atoms with Crippen LogP contribution in [0.3, 0.4) is 0 Å². The van der Waals surface area contributed by atoms with Crippen LogP contribution >= 0.6 is 23.2 Å². The molecule has 118 valence electrons. The van der Waals surface area contributed by atoms with Crippen LogP contribution in [0.15, 0.2) is 30.3 Å². The van der Waals surface area contributed by atoms with Crippen LogP contribution in [-0.2, 0) is 4.79 Å². The summed E-state index contributed by atoms with van der Waals surface area (Å²) in [6, 6.07) is 8.73. The molecule has 0 saturated heterocycles. The van der Waals surface area contributed by atoms with Crippen molar-refractivity contribution in [3.8, 4) is 11.5 Å². The van der Waals surface area contributed by atoms with Gasteiger partial charge in [-0.25, -0.2) is 0 Å². The molecule has 0 radical (unpaired) electrons. The third-order valence-electron chi connectivity index (χ3n) is 3.53. The normalized spacial score (nSPS) is 14.6. The van der Waals surface area contributed by atoms with Crippen molar-refractivity contribution in [3.63, 3.8) is 0 Å². The van der Waals surface area contributed by atoms with Gasteiger partial charge < -0.3 is 14.8 Å². The van der Waals surface area contributed by atoms with Gasteiger partial charge in [0.25, 0.3) is 5.91 Å². The van der Waals surface area contributed by atoms with Gasteiger partial charge in [0.05, 0.1) is 19.2 Å². The molecule has 1 N–H and O–H groups in total. The average Bonchev–Trinajstić information content (AvgIpc) is 2.82. The van der Waals surface area contributed by atoms with Crippen LogP contribution in [0.25, 0.3) is 11.6 Å². The average molecular weight is 350 g/mol. The zero-order valence-electron chi connectivity index (χ0n) is 12.4. The van der Waals surface area contributed by atoms with E-state index in [1.54, 1.807) is 36.4 Å². The lowest BCUT2D eigenvalue weighted by Gasteiger charge is -2.10. The smallest absolute Gasteiger partial charge is 0.256 e. The fraction of sp³-hybridized carbons (Fsp3) is 0.118. The van der Waals surface area contributed by atoms with E-state index in [2.05, 4.69) is 5.32 Å². The molecule has 4 nitrogen and oxygen atoms in total. The van der Waals surface area contributed by atoms with Crippen LogP contribution in [0.2, 0.25) is 10.0 Å². The second kappa shape index (κ2) is 6.14. The van der Waals surface area contributed by atoms with E-state index in [0.717, 1.165) is 16.8 Å². The molecular weight excluding hydrogens is 337 g/mol. The van der Waals surface area contributed by atoms with Crippen LogP contribution in [0, 0.1) is 0 Å². The number of fused-ring (bicyclic) bond motifs is 1. The van der Waals surface area contributed by atoms with E-state index in [1.165, 1.54) is 14.2 Å². The van der Waals surface area contributed by atoms with Crippen LogP contribution in [0.5, 0.6) is 11.5 Å². The molecule has 23 heavy (non-hydrogen) atoms. The van der Waals surface area contributed by atoms with Gasteiger partial charge in [-0.3, -0.25) is 4.79 Å². The monoisotopic (exact) mass is 349 g/mol. The molecule has 3 rings (SSSR count). The second-order valence-electron chi connectivity index (χ2n) is 4.94. The molecule has 0 unspecified atom stereocenters. The lowest BCUT2D eigenvalue weighted by molar-refractivity contribution is -0.110. The Bertz CT molecular complexity index is 831. The Morgan fingerprint density at radius 1 is 1.09 bits per heavy atom. The molecular formula is C17H13Cl2NO3. The fourth-order valence-corrected chi connectivity index (χ4v) is 2.96. The van der Waals surface area contributed by atoms with Gasteiger partial charge in [0.2, 0.25) is 0 Å². The SMILES string of the molecule is COc1cc(C=C2C(=O)Nc3ccc(Cl)cc32)cc(Cl)c1OC. The fourth-order valence-electron chi connectivity index (χ4n) is 2.49. The number of halogens is 2. The first-order valence-corrected chi connectivity index (χ1v) is 7.53. The highest BCUT2D eigenvalue weighted by molar-refractivity contribution is 6.37. The first kappa shape index (κ1) is 15.7. The number of ether oxygens (including phenoxy) is 2. The quantitative estimate of drug-likeness (QED) is 0.829. The van der Waals surface area contributed by atoms with Gasteiger partial charge in [-0.05, 0) is 42.0 Å². The largest absolute Gasteiger partial charge is 0.493 e. The Labute approximate surface area is 143 Å². The third-order valence-corrected chi connectivity index (χ3v) is 4.05. The maximum absolute atomic E-state index is 12.2. The van der Waals surface area contributed by atoms with Crippen molar-refractivity contribution >= 4 is 46.4 Å². The van der Waals surface area contributed by atoms with Crippen molar-refractivity contribution in [2.45, 2.75) is 0 Å². The molecule has 0 atom stereocenters. The summed E-state index contributed by atoms with van der Waals surface area (Å²) < 4.78 is 10.5. The minimum Gasteiger partial charge on any atom is -0.493 e. The van der Waals surface area contributed by atoms with Crippen LogP contribution in [0.4, 0.5) is 5.69 Å². The number of nitrogens with one attached hydrogen (secondary N) is 1. The molecule has 0 spiro atoms. The highest BCUT2D eigenvalue weighted by Gasteiger charge is 2.24. The van der Waals surface area contributed by atoms with Crippen molar-refractivity contribution in [2.24, 2.45) is 0 Å². The first-order chi connectivity index (χ1) is 11.0. The minimum atomic E-state index is -0.187. The zero-order valence-corrected chi connectivity index (χ0v) is 14.0. The zero-order chi connectivity index (χ0) is 16.6. The maximum Gasteiger partial charge on any atom is 0.256 e. The van der Waals surface area contributed by atoms with Gasteiger partial charge >= 0.3 is 0 Å². The Hall–Kier alpha value is -2.17. The Balaban J connectivity index is 2.11. The molecule has 1 aliphatic rings. The van der Waals surface area contributed by atoms with Crippen molar-refractivity contribution < 1.29 is 14.3 Å². The topological polar surface area (TPSA) is 47.6 Å². The Morgan fingerprint density at radius 2 is 1.87 bits per heavy atom. The van der Waals surface area contributed by atoms with Crippen molar-refractivity contribution in [1.29, 1.82) is 0 Å². The third kappa shape index (κ3) is 2.87. The van der Waals surface area contributed by atoms with Gasteiger partial charge in [0.1, 0.15) is 0 Å². The predicted molar refractivity (Wildman–Crippen MR) is 92.5 cm³/mol. The number of hydrogen-bond acceptors (Lipinski definition) is 3. The maximum atomic E-state index is 12.2. The van der Waals surface area contributed by atoms with E-state index in [4.69, 9.17) is 32.7 Å². The molecule has 1 aliphatic heterocycles. The van der Waals surface area contributed by atoms with E-state index < -0.39 is 0 Å². The number of rotatable bonds is 3. The van der Waals surface area contributed by atoms with E-state index >= 15 is 0 Å². The van der Waals surface area contributed by atoms with E-state index in [-0.39, 0.29) is 5.91 Å². The van der Waals surface area contributed by atoms with Crippen LogP contribution < -0.4 is 14.8 Å². The molecule has 0 saturated carbocycles. The van der Waals surface area contributed by atoms with Crippen molar-refractivity contribution in [1.82, 2.24) is 0 Å². The number of benzene rings is 2. The van der Waals surface area contributed by atoms with Gasteiger partial charge in [-0.2, -0.15) is 0 Å². The molecule has 0 fully saturated rings. The Kier molecular flexibility index (Phi) is 4.20. The molecule has 1 amide bonds. The summed E-state index contributed by atoms with van der Waals surface area (Å²) in [6.07, 6.45) is 1.74. The lowest BCUT2D eigenvalue weighted by atomic mass is 10.0. The molecule has 0 bridgehead atoms. The number of anilines is 1. The molecule has 2 aromatic carbocycles. The molecule has 0 aliphatic carbocycles. The summed E-state index contributed by atoms with van der Waals surface area (Å²) in [5.74, 6) is 0.764. The summed E-state index contributed by atoms with van der Waals surface area (Å²) in [6.45, 7) is 0. The Morgan fingerprint density at radius 3 is 2.57 bits per heavy atom. The number of carbonyl (C=O) groups is 1. The summed E-state index contributed by atoms with van der Waals surface area (Å²) in [5.41, 5.74) is 2.74. The first-order valence-electron chi connectivity index (χ1n) is 6.78. The number of methoxy groups -OCH3 is 2. The number of carbonyl (C=O) groups excluding carboxylic acids is 1. The second-order valence-corrected chi connectivity index (χ2v) is 5.78. The highest BCUT2D eigenvalue weighted by Crippen LogP contribution is 2.39. The molecule has 1 heterocycles. The summed E-state index contributed by atoms with van der Waals surface area (Å²) in [4.78, 5) is 12.2. The summed E-state index contributed by atoms with van der Waals surface area (Å²) in [7, 11) is 3.05. The lowest BCUT2D eigenvalue weighted by Crippen LogP contribution is -2.03. The molecule has 6 heteroatoms. The van der Waals surface area contributed by atoms with Crippen LogP contribution in [-0.4, -0.2) is 20.1 Å². The van der Waals surface area contributed by atoms with Crippen LogP contribution in [0.1, 0.15) is 11.1 Å². The number of hydrogen-bond donors (Lipinski definition) is 1. The van der Waals surface area contributed by atoms with Crippen molar-refractivity contribution in [3.05, 3.63) is 51.5 Å².